The zero-order valence-electron chi connectivity index (χ0n) is 34.8. The van der Waals surface area contributed by atoms with Crippen LogP contribution >= 0.6 is 0 Å². The maximum absolute atomic E-state index is 14.8. The number of piperidine rings is 1. The number of hydrogen-bond acceptors (Lipinski definition) is 7. The van der Waals surface area contributed by atoms with Crippen molar-refractivity contribution >= 4 is 41.1 Å². The van der Waals surface area contributed by atoms with Gasteiger partial charge in [0.2, 0.25) is 23.5 Å². The summed E-state index contributed by atoms with van der Waals surface area (Å²) in [6.07, 6.45) is 7.68. The lowest BCUT2D eigenvalue weighted by Gasteiger charge is -2.40. The van der Waals surface area contributed by atoms with Crippen LogP contribution in [-0.4, -0.2) is 82.1 Å². The van der Waals surface area contributed by atoms with E-state index in [-0.39, 0.29) is 73.0 Å². The molecular formula is C43H68N4O7. The zero-order chi connectivity index (χ0) is 40.6. The van der Waals surface area contributed by atoms with E-state index in [1.165, 1.54) is 4.90 Å². The highest BCUT2D eigenvalue weighted by atomic mass is 16.2. The smallest absolute Gasteiger partial charge is 0.315 e. The second-order valence-electron chi connectivity index (χ2n) is 20.5. The van der Waals surface area contributed by atoms with Gasteiger partial charge in [-0.25, -0.2) is 4.79 Å². The molecule has 0 aromatic heterocycles. The number of allylic oxidation sites excluding steroid dienone is 1. The van der Waals surface area contributed by atoms with Crippen LogP contribution in [0.3, 0.4) is 0 Å². The monoisotopic (exact) mass is 753 g/mol. The van der Waals surface area contributed by atoms with Crippen LogP contribution in [0.4, 0.5) is 4.79 Å². The summed E-state index contributed by atoms with van der Waals surface area (Å²) in [5, 5.41) is 5.93. The van der Waals surface area contributed by atoms with Crippen molar-refractivity contribution in [2.45, 2.75) is 158 Å². The highest BCUT2D eigenvalue weighted by Crippen LogP contribution is 2.53. The minimum absolute atomic E-state index is 0.0107. The minimum Gasteiger partial charge on any atom is -0.333 e. The molecule has 0 radical (unpaired) electrons. The molecule has 1 unspecified atom stereocenters. The Morgan fingerprint density at radius 3 is 2.04 bits per heavy atom. The normalized spacial score (nSPS) is 25.6. The summed E-state index contributed by atoms with van der Waals surface area (Å²) in [6, 6.07) is -2.99. The number of likely N-dealkylation sites (tertiary alicyclic amines) is 2. The van der Waals surface area contributed by atoms with E-state index < -0.39 is 57.9 Å². The van der Waals surface area contributed by atoms with Crippen LogP contribution in [0, 0.1) is 45.3 Å². The summed E-state index contributed by atoms with van der Waals surface area (Å²) in [5.41, 5.74) is -1.83. The molecule has 4 fully saturated rings. The maximum atomic E-state index is 14.8. The van der Waals surface area contributed by atoms with E-state index in [1.807, 2.05) is 55.4 Å². The van der Waals surface area contributed by atoms with E-state index in [0.29, 0.717) is 25.3 Å². The molecule has 2 saturated heterocycles. The number of Topliss-reactive ketones (excluding diaryl/α,β-unsaturated/α-hetero) is 3. The van der Waals surface area contributed by atoms with E-state index in [0.717, 1.165) is 32.1 Å². The summed E-state index contributed by atoms with van der Waals surface area (Å²) in [6.45, 7) is 23.5. The van der Waals surface area contributed by atoms with Gasteiger partial charge in [0.15, 0.2) is 11.6 Å². The van der Waals surface area contributed by atoms with Gasteiger partial charge in [0, 0.05) is 44.7 Å². The van der Waals surface area contributed by atoms with Crippen molar-refractivity contribution < 1.29 is 33.6 Å². The molecule has 2 N–H and O–H groups in total. The summed E-state index contributed by atoms with van der Waals surface area (Å²) in [4.78, 5) is 98.7. The van der Waals surface area contributed by atoms with Gasteiger partial charge in [0.25, 0.3) is 0 Å². The van der Waals surface area contributed by atoms with Gasteiger partial charge in [-0.3, -0.25) is 33.7 Å². The quantitative estimate of drug-likeness (QED) is 0.111. The van der Waals surface area contributed by atoms with Crippen molar-refractivity contribution in [3.05, 3.63) is 12.7 Å². The molecule has 5 amide bonds. The van der Waals surface area contributed by atoms with Crippen molar-refractivity contribution in [1.82, 2.24) is 20.4 Å². The number of rotatable bonds is 15. The van der Waals surface area contributed by atoms with Crippen LogP contribution in [0.25, 0.3) is 0 Å². The fourth-order valence-corrected chi connectivity index (χ4v) is 9.10. The molecule has 2 heterocycles. The highest BCUT2D eigenvalue weighted by molar-refractivity contribution is 6.38. The second kappa shape index (κ2) is 16.4. The first kappa shape index (κ1) is 43.4. The number of imide groups is 1. The molecule has 0 bridgehead atoms. The Kier molecular flexibility index (Phi) is 13.2. The Hall–Kier alpha value is -3.37. The van der Waals surface area contributed by atoms with Crippen molar-refractivity contribution in [1.29, 1.82) is 0 Å². The molecule has 2 aliphatic carbocycles. The third-order valence-electron chi connectivity index (χ3n) is 12.9. The lowest BCUT2D eigenvalue weighted by atomic mass is 9.74. The van der Waals surface area contributed by atoms with Crippen molar-refractivity contribution in [3.8, 4) is 0 Å². The van der Waals surface area contributed by atoms with Crippen LogP contribution in [0.2, 0.25) is 0 Å². The van der Waals surface area contributed by atoms with Crippen LogP contribution in [0.5, 0.6) is 0 Å². The molecule has 2 saturated carbocycles. The predicted molar refractivity (Wildman–Crippen MR) is 208 cm³/mol. The standard InChI is InChI=1S/C43H68N4O7/c1-12-13-17-30(48)36(52)27(20-26-15-14-16-26)21-31(49)35-28-18-19-43(10,11)29(28)24-47(35)38(53)37(41(5,6)7)45-39(54)44-32(40(2,3)4)25-46-33(50)22-42(8,9)23-34(46)51/h12,26-29,32,35,37H,1,13-25H2,2-11H3,(H2,44,45,54)/t27?,28-,29-,32+,35-,37+/m0/s1. The number of carbonyl (C=O) groups excluding carboxylic acids is 7. The van der Waals surface area contributed by atoms with Crippen LogP contribution in [-0.2, 0) is 28.8 Å². The van der Waals surface area contributed by atoms with Crippen LogP contribution in [0.15, 0.2) is 12.7 Å². The molecule has 6 atom stereocenters. The Morgan fingerprint density at radius 1 is 0.907 bits per heavy atom. The molecule has 11 nitrogen and oxygen atoms in total. The molecule has 0 aromatic rings. The van der Waals surface area contributed by atoms with Gasteiger partial charge in [0.05, 0.1) is 12.1 Å². The molecule has 302 valence electrons. The molecule has 4 aliphatic rings. The van der Waals surface area contributed by atoms with Gasteiger partial charge in [-0.05, 0) is 65.1 Å². The SMILES string of the molecule is C=CCCC(=O)C(=O)C(CC(=O)[C@@H]1[C@H]2CCC(C)(C)[C@H]2CN1C(=O)[C@@H](NC(=O)N[C@H](CN1C(=O)CC(C)(C)CC1=O)C(C)(C)C)C(C)(C)C)CC1CCC1. The number of ketones is 3. The zero-order valence-corrected chi connectivity index (χ0v) is 34.8. The van der Waals surface area contributed by atoms with Crippen LogP contribution in [0.1, 0.15) is 140 Å². The first-order valence-electron chi connectivity index (χ1n) is 20.3. The third-order valence-corrected chi connectivity index (χ3v) is 12.9. The third kappa shape index (κ3) is 10.1. The van der Waals surface area contributed by atoms with E-state index in [2.05, 4.69) is 31.1 Å². The largest absolute Gasteiger partial charge is 0.333 e. The number of nitrogens with one attached hydrogen (secondary N) is 2. The molecular weight excluding hydrogens is 684 g/mol. The number of carbonyl (C=O) groups is 7. The first-order valence-corrected chi connectivity index (χ1v) is 20.3. The molecule has 0 spiro atoms. The Labute approximate surface area is 323 Å². The average Bonchev–Trinajstić information content (AvgIpc) is 3.55. The lowest BCUT2D eigenvalue weighted by Crippen LogP contribution is -2.62. The van der Waals surface area contributed by atoms with Gasteiger partial charge in [0.1, 0.15) is 6.04 Å². The maximum Gasteiger partial charge on any atom is 0.315 e. The molecule has 4 rings (SSSR count). The van der Waals surface area contributed by atoms with Crippen molar-refractivity contribution in [2.75, 3.05) is 13.1 Å². The van der Waals surface area contributed by atoms with Gasteiger partial charge in [-0.2, -0.15) is 0 Å². The summed E-state index contributed by atoms with van der Waals surface area (Å²) in [5.74, 6) is -2.49. The summed E-state index contributed by atoms with van der Waals surface area (Å²) >= 11 is 0. The fourth-order valence-electron chi connectivity index (χ4n) is 9.10. The van der Waals surface area contributed by atoms with Gasteiger partial charge in [-0.15, -0.1) is 6.58 Å². The molecule has 0 aromatic carbocycles. The van der Waals surface area contributed by atoms with E-state index in [4.69, 9.17) is 0 Å². The summed E-state index contributed by atoms with van der Waals surface area (Å²) in [7, 11) is 0. The van der Waals surface area contributed by atoms with E-state index in [1.54, 1.807) is 11.0 Å². The average molecular weight is 753 g/mol. The molecule has 11 heteroatoms. The Balaban J connectivity index is 1.57. The molecule has 2 aliphatic heterocycles. The topological polar surface area (TPSA) is 150 Å². The van der Waals surface area contributed by atoms with E-state index >= 15 is 0 Å². The fraction of sp³-hybridized carbons (Fsp3) is 0.791. The number of amides is 5. The Morgan fingerprint density at radius 2 is 1.52 bits per heavy atom. The second-order valence-corrected chi connectivity index (χ2v) is 20.5. The van der Waals surface area contributed by atoms with Gasteiger partial charge >= 0.3 is 6.03 Å². The Bertz CT molecular complexity index is 1480. The number of nitrogens with zero attached hydrogens (tertiary/aromatic N) is 2. The number of urea groups is 1. The highest BCUT2D eigenvalue weighted by Gasteiger charge is 2.57. The van der Waals surface area contributed by atoms with Crippen molar-refractivity contribution in [3.63, 3.8) is 0 Å². The lowest BCUT2D eigenvalue weighted by molar-refractivity contribution is -0.153. The van der Waals surface area contributed by atoms with E-state index in [9.17, 15) is 33.6 Å². The predicted octanol–water partition coefficient (Wildman–Crippen LogP) is 6.42. The summed E-state index contributed by atoms with van der Waals surface area (Å²) < 4.78 is 0. The minimum atomic E-state index is -1.01. The van der Waals surface area contributed by atoms with Gasteiger partial charge in [-0.1, -0.05) is 94.6 Å². The van der Waals surface area contributed by atoms with Gasteiger partial charge < -0.3 is 15.5 Å². The first-order chi connectivity index (χ1) is 24.9. The molecule has 54 heavy (non-hydrogen) atoms. The number of fused-ring (bicyclic) bond motifs is 1. The number of hydrogen-bond donors (Lipinski definition) is 2. The van der Waals surface area contributed by atoms with Crippen LogP contribution < -0.4 is 10.6 Å². The van der Waals surface area contributed by atoms with Crippen molar-refractivity contribution in [2.24, 2.45) is 45.3 Å².